The molecule has 0 bridgehead atoms. The summed E-state index contributed by atoms with van der Waals surface area (Å²) < 4.78 is 6.08. The summed E-state index contributed by atoms with van der Waals surface area (Å²) >= 11 is 0. The SMILES string of the molecule is C[SiH](C)Oc1ccc(C(C)(C)C)cc1C(C)(C)C. The Morgan fingerprint density at radius 3 is 1.83 bits per heavy atom. The van der Waals surface area contributed by atoms with Crippen LogP contribution in [-0.2, 0) is 10.8 Å². The van der Waals surface area contributed by atoms with E-state index in [9.17, 15) is 0 Å². The second-order valence-corrected chi connectivity index (χ2v) is 9.71. The standard InChI is InChI=1S/C16H28OSi/c1-15(2,3)12-9-10-14(17-18(7)8)13(11-12)16(4,5)6/h9-11,18H,1-8H3. The number of benzene rings is 1. The average Bonchev–Trinajstić information content (AvgIpc) is 2.13. The predicted molar refractivity (Wildman–Crippen MR) is 83.3 cm³/mol. The molecule has 0 heterocycles. The fourth-order valence-corrected chi connectivity index (χ4v) is 2.65. The summed E-state index contributed by atoms with van der Waals surface area (Å²) in [5, 5.41) is 0. The molecule has 2 heteroatoms. The molecule has 0 aliphatic heterocycles. The second-order valence-electron chi connectivity index (χ2n) is 7.38. The zero-order valence-corrected chi connectivity index (χ0v) is 14.4. The van der Waals surface area contributed by atoms with E-state index in [1.54, 1.807) is 0 Å². The normalized spacial score (nSPS) is 12.9. The number of rotatable bonds is 2. The highest BCUT2D eigenvalue weighted by Gasteiger charge is 2.23. The van der Waals surface area contributed by atoms with Crippen LogP contribution in [-0.4, -0.2) is 9.04 Å². The van der Waals surface area contributed by atoms with Crippen molar-refractivity contribution in [3.63, 3.8) is 0 Å². The van der Waals surface area contributed by atoms with Crippen LogP contribution in [0.15, 0.2) is 18.2 Å². The summed E-state index contributed by atoms with van der Waals surface area (Å²) in [4.78, 5) is 0. The fourth-order valence-electron chi connectivity index (χ4n) is 1.94. The van der Waals surface area contributed by atoms with Crippen LogP contribution >= 0.6 is 0 Å². The molecule has 0 N–H and O–H groups in total. The molecule has 1 nitrogen and oxygen atoms in total. The summed E-state index contributed by atoms with van der Waals surface area (Å²) in [5.74, 6) is 1.08. The molecule has 0 aliphatic rings. The molecular formula is C16H28OSi. The van der Waals surface area contributed by atoms with Gasteiger partial charge in [0, 0.05) is 0 Å². The first-order valence-electron chi connectivity index (χ1n) is 6.83. The Labute approximate surface area is 114 Å². The largest absolute Gasteiger partial charge is 0.547 e. The van der Waals surface area contributed by atoms with Gasteiger partial charge in [-0.05, 0) is 41.1 Å². The molecule has 102 valence electrons. The zero-order valence-electron chi connectivity index (χ0n) is 13.2. The van der Waals surface area contributed by atoms with E-state index >= 15 is 0 Å². The highest BCUT2D eigenvalue weighted by atomic mass is 28.3. The first kappa shape index (κ1) is 15.3. The average molecular weight is 264 g/mol. The van der Waals surface area contributed by atoms with Crippen LogP contribution in [0.5, 0.6) is 5.75 Å². The van der Waals surface area contributed by atoms with Gasteiger partial charge in [-0.15, -0.1) is 0 Å². The van der Waals surface area contributed by atoms with E-state index in [1.807, 2.05) is 0 Å². The van der Waals surface area contributed by atoms with Crippen LogP contribution in [0.1, 0.15) is 52.7 Å². The lowest BCUT2D eigenvalue weighted by Crippen LogP contribution is -2.20. The quantitative estimate of drug-likeness (QED) is 0.707. The lowest BCUT2D eigenvalue weighted by molar-refractivity contribution is 0.514. The van der Waals surface area contributed by atoms with Crippen molar-refractivity contribution in [2.24, 2.45) is 0 Å². The maximum Gasteiger partial charge on any atom is 0.229 e. The maximum absolute atomic E-state index is 6.08. The summed E-state index contributed by atoms with van der Waals surface area (Å²) in [6.45, 7) is 18.0. The van der Waals surface area contributed by atoms with Crippen LogP contribution in [0, 0.1) is 0 Å². The van der Waals surface area contributed by atoms with Gasteiger partial charge in [-0.1, -0.05) is 53.7 Å². The van der Waals surface area contributed by atoms with E-state index in [1.165, 1.54) is 11.1 Å². The molecule has 0 aromatic heterocycles. The maximum atomic E-state index is 6.08. The van der Waals surface area contributed by atoms with Gasteiger partial charge in [0.1, 0.15) is 5.75 Å². The predicted octanol–water partition coefficient (Wildman–Crippen LogP) is 4.64. The van der Waals surface area contributed by atoms with E-state index in [2.05, 4.69) is 72.8 Å². The van der Waals surface area contributed by atoms with Crippen molar-refractivity contribution in [2.75, 3.05) is 0 Å². The van der Waals surface area contributed by atoms with Crippen molar-refractivity contribution in [1.29, 1.82) is 0 Å². The van der Waals surface area contributed by atoms with Crippen LogP contribution in [0.3, 0.4) is 0 Å². The molecule has 0 atom stereocenters. The molecular weight excluding hydrogens is 236 g/mol. The molecule has 0 saturated heterocycles. The molecule has 0 amide bonds. The minimum absolute atomic E-state index is 0.125. The fraction of sp³-hybridized carbons (Fsp3) is 0.625. The lowest BCUT2D eigenvalue weighted by Gasteiger charge is -2.28. The minimum Gasteiger partial charge on any atom is -0.547 e. The van der Waals surface area contributed by atoms with Gasteiger partial charge in [0.25, 0.3) is 0 Å². The van der Waals surface area contributed by atoms with Gasteiger partial charge in [0.2, 0.25) is 9.04 Å². The molecule has 0 saturated carbocycles. The highest BCUT2D eigenvalue weighted by Crippen LogP contribution is 2.35. The summed E-state index contributed by atoms with van der Waals surface area (Å²) in [7, 11) is -1.05. The van der Waals surface area contributed by atoms with Crippen LogP contribution in [0.2, 0.25) is 13.1 Å². The third-order valence-electron chi connectivity index (χ3n) is 3.02. The van der Waals surface area contributed by atoms with Crippen molar-refractivity contribution >= 4 is 9.04 Å². The van der Waals surface area contributed by atoms with Crippen LogP contribution in [0.4, 0.5) is 0 Å². The van der Waals surface area contributed by atoms with Gasteiger partial charge in [-0.25, -0.2) is 0 Å². The summed E-state index contributed by atoms with van der Waals surface area (Å²) in [6.07, 6.45) is 0. The third-order valence-corrected chi connectivity index (χ3v) is 3.74. The molecule has 1 rings (SSSR count). The van der Waals surface area contributed by atoms with Crippen molar-refractivity contribution in [3.05, 3.63) is 29.3 Å². The van der Waals surface area contributed by atoms with E-state index in [0.29, 0.717) is 0 Å². The molecule has 0 spiro atoms. The monoisotopic (exact) mass is 264 g/mol. The van der Waals surface area contributed by atoms with Crippen molar-refractivity contribution < 1.29 is 4.43 Å². The Kier molecular flexibility index (Phi) is 4.32. The van der Waals surface area contributed by atoms with Crippen LogP contribution < -0.4 is 4.43 Å². The molecule has 18 heavy (non-hydrogen) atoms. The first-order valence-corrected chi connectivity index (χ1v) is 9.61. The zero-order chi connectivity index (χ0) is 14.1. The van der Waals surface area contributed by atoms with Gasteiger partial charge in [-0.2, -0.15) is 0 Å². The van der Waals surface area contributed by atoms with Gasteiger partial charge in [-0.3, -0.25) is 0 Å². The topological polar surface area (TPSA) is 9.23 Å². The van der Waals surface area contributed by atoms with E-state index < -0.39 is 9.04 Å². The van der Waals surface area contributed by atoms with Crippen LogP contribution in [0.25, 0.3) is 0 Å². The van der Waals surface area contributed by atoms with Crippen molar-refractivity contribution in [3.8, 4) is 5.75 Å². The first-order chi connectivity index (χ1) is 8.01. The van der Waals surface area contributed by atoms with E-state index in [-0.39, 0.29) is 10.8 Å². The highest BCUT2D eigenvalue weighted by molar-refractivity contribution is 6.49. The van der Waals surface area contributed by atoms with E-state index in [4.69, 9.17) is 4.43 Å². The van der Waals surface area contributed by atoms with E-state index in [0.717, 1.165) is 5.75 Å². The lowest BCUT2D eigenvalue weighted by atomic mass is 9.80. The van der Waals surface area contributed by atoms with Gasteiger partial charge in [0.05, 0.1) is 0 Å². The smallest absolute Gasteiger partial charge is 0.229 e. The Bertz CT molecular complexity index is 408. The van der Waals surface area contributed by atoms with Gasteiger partial charge < -0.3 is 4.43 Å². The van der Waals surface area contributed by atoms with Gasteiger partial charge >= 0.3 is 0 Å². The molecule has 0 radical (unpaired) electrons. The minimum atomic E-state index is -1.05. The molecule has 0 aliphatic carbocycles. The summed E-state index contributed by atoms with van der Waals surface area (Å²) in [6, 6.07) is 6.70. The second kappa shape index (κ2) is 5.08. The third kappa shape index (κ3) is 3.87. The molecule has 0 unspecified atom stereocenters. The number of hydrogen-bond donors (Lipinski definition) is 0. The molecule has 1 aromatic carbocycles. The molecule has 0 fully saturated rings. The Morgan fingerprint density at radius 1 is 0.889 bits per heavy atom. The Balaban J connectivity index is 3.30. The molecule has 1 aromatic rings. The Morgan fingerprint density at radius 2 is 1.44 bits per heavy atom. The number of hydrogen-bond acceptors (Lipinski definition) is 1. The summed E-state index contributed by atoms with van der Waals surface area (Å²) in [5.41, 5.74) is 3.02. The van der Waals surface area contributed by atoms with Gasteiger partial charge in [0.15, 0.2) is 0 Å². The Hall–Kier alpha value is -0.763. The van der Waals surface area contributed by atoms with Crippen molar-refractivity contribution in [1.82, 2.24) is 0 Å². The van der Waals surface area contributed by atoms with Crippen molar-refractivity contribution in [2.45, 2.75) is 65.5 Å².